The first-order valence-electron chi connectivity index (χ1n) is 9.40. The SMILES string of the molecule is CCCCC/C=C/C/C=C/C/C=C/CCCCCC(C(=O)O)[N+](=O)[O-]. The molecule has 0 radical (unpaired) electrons. The van der Waals surface area contributed by atoms with Crippen molar-refractivity contribution in [1.29, 1.82) is 0 Å². The fourth-order valence-electron chi connectivity index (χ4n) is 2.39. The molecule has 0 spiro atoms. The molecule has 1 N–H and O–H groups in total. The first kappa shape index (κ1) is 23.1. The van der Waals surface area contributed by atoms with E-state index >= 15 is 0 Å². The molecule has 25 heavy (non-hydrogen) atoms. The lowest BCUT2D eigenvalue weighted by atomic mass is 10.1. The Morgan fingerprint density at radius 3 is 1.92 bits per heavy atom. The van der Waals surface area contributed by atoms with E-state index in [9.17, 15) is 14.9 Å². The van der Waals surface area contributed by atoms with Gasteiger partial charge in [0, 0.05) is 11.3 Å². The number of nitrogens with zero attached hydrogens (tertiary/aromatic N) is 1. The topological polar surface area (TPSA) is 80.4 Å². The van der Waals surface area contributed by atoms with Crippen LogP contribution >= 0.6 is 0 Å². The summed E-state index contributed by atoms with van der Waals surface area (Å²) in [6.45, 7) is 2.21. The molecular weight excluding hydrogens is 318 g/mol. The summed E-state index contributed by atoms with van der Waals surface area (Å²) in [5.74, 6) is -1.34. The van der Waals surface area contributed by atoms with Crippen LogP contribution in [0, 0.1) is 10.1 Å². The maximum absolute atomic E-state index is 10.7. The summed E-state index contributed by atoms with van der Waals surface area (Å²) < 4.78 is 0. The number of carboxylic acid groups (broad SMARTS) is 1. The van der Waals surface area contributed by atoms with Gasteiger partial charge in [0.05, 0.1) is 0 Å². The summed E-state index contributed by atoms with van der Waals surface area (Å²) in [6.07, 6.45) is 23.4. The van der Waals surface area contributed by atoms with Gasteiger partial charge in [-0.25, -0.2) is 4.79 Å². The zero-order valence-electron chi connectivity index (χ0n) is 15.4. The first-order valence-corrected chi connectivity index (χ1v) is 9.40. The number of aliphatic carboxylic acids is 1. The molecule has 0 aromatic heterocycles. The second-order valence-electron chi connectivity index (χ2n) is 6.16. The number of hydrogen-bond donors (Lipinski definition) is 1. The third-order valence-electron chi connectivity index (χ3n) is 3.91. The van der Waals surface area contributed by atoms with Crippen LogP contribution in [-0.4, -0.2) is 22.0 Å². The van der Waals surface area contributed by atoms with Crippen LogP contribution in [0.2, 0.25) is 0 Å². The minimum absolute atomic E-state index is 0.112. The molecule has 5 nitrogen and oxygen atoms in total. The highest BCUT2D eigenvalue weighted by Gasteiger charge is 2.27. The molecule has 1 unspecified atom stereocenters. The fraction of sp³-hybridized carbons (Fsp3) is 0.650. The van der Waals surface area contributed by atoms with Crippen molar-refractivity contribution in [2.24, 2.45) is 0 Å². The van der Waals surface area contributed by atoms with E-state index in [0.717, 1.165) is 32.1 Å². The Balaban J connectivity index is 3.53. The van der Waals surface area contributed by atoms with Crippen molar-refractivity contribution >= 4 is 5.97 Å². The highest BCUT2D eigenvalue weighted by atomic mass is 16.6. The van der Waals surface area contributed by atoms with Crippen molar-refractivity contribution in [3.05, 3.63) is 46.6 Å². The van der Waals surface area contributed by atoms with Gasteiger partial charge in [0.2, 0.25) is 0 Å². The van der Waals surface area contributed by atoms with Gasteiger partial charge >= 0.3 is 12.0 Å². The van der Waals surface area contributed by atoms with E-state index in [0.29, 0.717) is 6.42 Å². The lowest BCUT2D eigenvalue weighted by Gasteiger charge is -2.03. The van der Waals surface area contributed by atoms with E-state index in [-0.39, 0.29) is 6.42 Å². The van der Waals surface area contributed by atoms with Crippen LogP contribution in [0.25, 0.3) is 0 Å². The molecule has 0 amide bonds. The van der Waals surface area contributed by atoms with Gasteiger partial charge in [-0.3, -0.25) is 10.1 Å². The van der Waals surface area contributed by atoms with Crippen LogP contribution in [0.15, 0.2) is 36.5 Å². The lowest BCUT2D eigenvalue weighted by Crippen LogP contribution is -2.28. The molecule has 5 heteroatoms. The Labute approximate surface area is 151 Å². The van der Waals surface area contributed by atoms with Gasteiger partial charge in [0.25, 0.3) is 0 Å². The number of rotatable bonds is 16. The average Bonchev–Trinajstić information content (AvgIpc) is 2.57. The minimum Gasteiger partial charge on any atom is -0.476 e. The summed E-state index contributed by atoms with van der Waals surface area (Å²) in [6, 6.07) is -1.46. The molecule has 142 valence electrons. The molecule has 0 heterocycles. The van der Waals surface area contributed by atoms with Gasteiger partial charge in [0.15, 0.2) is 0 Å². The van der Waals surface area contributed by atoms with Gasteiger partial charge in [-0.05, 0) is 44.9 Å². The lowest BCUT2D eigenvalue weighted by molar-refractivity contribution is -0.511. The maximum atomic E-state index is 10.7. The smallest absolute Gasteiger partial charge is 0.379 e. The molecule has 0 aromatic rings. The van der Waals surface area contributed by atoms with Crippen LogP contribution in [-0.2, 0) is 4.79 Å². The summed E-state index contributed by atoms with van der Waals surface area (Å²) in [5, 5.41) is 19.2. The summed E-state index contributed by atoms with van der Waals surface area (Å²) in [4.78, 5) is 20.5. The molecule has 0 saturated carbocycles. The Hall–Kier alpha value is -1.91. The molecular formula is C20H33NO4. The zero-order chi connectivity index (χ0) is 18.8. The van der Waals surface area contributed by atoms with Gasteiger partial charge in [-0.2, -0.15) is 0 Å². The van der Waals surface area contributed by atoms with Crippen molar-refractivity contribution in [3.63, 3.8) is 0 Å². The Kier molecular flexibility index (Phi) is 15.6. The van der Waals surface area contributed by atoms with Gasteiger partial charge in [-0.15, -0.1) is 0 Å². The number of hydrogen-bond acceptors (Lipinski definition) is 3. The van der Waals surface area contributed by atoms with Gasteiger partial charge in [-0.1, -0.05) is 62.6 Å². The van der Waals surface area contributed by atoms with E-state index in [1.807, 2.05) is 0 Å². The van der Waals surface area contributed by atoms with Crippen molar-refractivity contribution < 1.29 is 14.8 Å². The van der Waals surface area contributed by atoms with E-state index < -0.39 is 16.9 Å². The second-order valence-corrected chi connectivity index (χ2v) is 6.16. The molecule has 0 aliphatic carbocycles. The number of carboxylic acids is 1. The van der Waals surface area contributed by atoms with Crippen LogP contribution in [0.4, 0.5) is 0 Å². The Morgan fingerprint density at radius 1 is 0.920 bits per heavy atom. The highest BCUT2D eigenvalue weighted by molar-refractivity contribution is 5.71. The van der Waals surface area contributed by atoms with Crippen molar-refractivity contribution in [2.75, 3.05) is 0 Å². The van der Waals surface area contributed by atoms with Crippen molar-refractivity contribution in [2.45, 2.75) is 83.6 Å². The maximum Gasteiger partial charge on any atom is 0.379 e. The molecule has 1 atom stereocenters. The van der Waals surface area contributed by atoms with E-state index in [2.05, 4.69) is 43.4 Å². The quantitative estimate of drug-likeness (QED) is 0.167. The predicted molar refractivity (Wildman–Crippen MR) is 102 cm³/mol. The van der Waals surface area contributed by atoms with Crippen LogP contribution in [0.3, 0.4) is 0 Å². The monoisotopic (exact) mass is 351 g/mol. The summed E-state index contributed by atoms with van der Waals surface area (Å²) in [5.41, 5.74) is 0. The first-order chi connectivity index (χ1) is 12.1. The zero-order valence-corrected chi connectivity index (χ0v) is 15.4. The highest BCUT2D eigenvalue weighted by Crippen LogP contribution is 2.09. The third kappa shape index (κ3) is 15.4. The molecule has 0 rings (SSSR count). The Bertz CT molecular complexity index is 427. The number of nitro groups is 1. The molecule has 0 saturated heterocycles. The summed E-state index contributed by atoms with van der Waals surface area (Å²) >= 11 is 0. The van der Waals surface area contributed by atoms with E-state index in [1.165, 1.54) is 25.7 Å². The molecule has 0 fully saturated rings. The average molecular weight is 351 g/mol. The van der Waals surface area contributed by atoms with Crippen LogP contribution in [0.1, 0.15) is 77.6 Å². The number of allylic oxidation sites excluding steroid dienone is 6. The molecule has 0 bridgehead atoms. The van der Waals surface area contributed by atoms with Crippen molar-refractivity contribution in [1.82, 2.24) is 0 Å². The minimum atomic E-state index is -1.46. The van der Waals surface area contributed by atoms with Crippen molar-refractivity contribution in [3.8, 4) is 0 Å². The normalized spacial score (nSPS) is 13.2. The standard InChI is InChI=1S/C20H33NO4/c1-2-3-4-5-6-7-8-9-10-11-12-13-14-15-16-17-18-19(20(22)23)21(24)25/h6-7,9-10,12-13,19H,2-5,8,11,14-18H2,1H3,(H,22,23)/b7-6+,10-9+,13-12+. The van der Waals surface area contributed by atoms with Gasteiger partial charge < -0.3 is 5.11 Å². The van der Waals surface area contributed by atoms with Crippen LogP contribution < -0.4 is 0 Å². The van der Waals surface area contributed by atoms with E-state index in [1.54, 1.807) is 0 Å². The molecule has 0 aliphatic rings. The number of unbranched alkanes of at least 4 members (excludes halogenated alkanes) is 6. The second kappa shape index (κ2) is 16.9. The summed E-state index contributed by atoms with van der Waals surface area (Å²) in [7, 11) is 0. The fourth-order valence-corrected chi connectivity index (χ4v) is 2.39. The Morgan fingerprint density at radius 2 is 1.44 bits per heavy atom. The number of carbonyl (C=O) groups is 1. The largest absolute Gasteiger partial charge is 0.476 e. The third-order valence-corrected chi connectivity index (χ3v) is 3.91. The van der Waals surface area contributed by atoms with E-state index in [4.69, 9.17) is 5.11 Å². The predicted octanol–water partition coefficient (Wildman–Crippen LogP) is 5.70. The molecule has 0 aromatic carbocycles. The van der Waals surface area contributed by atoms with Crippen LogP contribution in [0.5, 0.6) is 0 Å². The molecule has 0 aliphatic heterocycles. The van der Waals surface area contributed by atoms with Gasteiger partial charge in [0.1, 0.15) is 0 Å².